The molecule has 0 radical (unpaired) electrons. The lowest BCUT2D eigenvalue weighted by Crippen LogP contribution is -2.58. The van der Waals surface area contributed by atoms with E-state index in [1.54, 1.807) is 6.07 Å². The van der Waals surface area contributed by atoms with Gasteiger partial charge in [0.25, 0.3) is 0 Å². The molecule has 1 fully saturated rings. The Morgan fingerprint density at radius 1 is 1.38 bits per heavy atom. The Kier molecular flexibility index (Phi) is 5.27. The van der Waals surface area contributed by atoms with Crippen LogP contribution in [0.15, 0.2) is 18.2 Å². The molecule has 0 spiro atoms. The predicted molar refractivity (Wildman–Crippen MR) is 77.5 cm³/mol. The van der Waals surface area contributed by atoms with E-state index in [9.17, 15) is 8.78 Å². The van der Waals surface area contributed by atoms with E-state index in [-0.39, 0.29) is 5.56 Å². The number of halogens is 2. The van der Waals surface area contributed by atoms with Crippen molar-refractivity contribution in [2.24, 2.45) is 5.84 Å². The zero-order valence-electron chi connectivity index (χ0n) is 12.5. The molecule has 6 heteroatoms. The summed E-state index contributed by atoms with van der Waals surface area (Å²) in [5, 5.41) is 0. The van der Waals surface area contributed by atoms with Gasteiger partial charge >= 0.3 is 0 Å². The molecule has 2 unspecified atom stereocenters. The van der Waals surface area contributed by atoms with Crippen molar-refractivity contribution in [2.45, 2.75) is 31.8 Å². The quantitative estimate of drug-likeness (QED) is 0.645. The van der Waals surface area contributed by atoms with E-state index in [2.05, 4.69) is 10.3 Å². The fraction of sp³-hybridized carbons (Fsp3) is 0.600. The number of nitrogens with one attached hydrogen (secondary N) is 1. The van der Waals surface area contributed by atoms with Crippen LogP contribution in [0.25, 0.3) is 0 Å². The van der Waals surface area contributed by atoms with E-state index in [0.717, 1.165) is 25.6 Å². The number of hydrogen-bond acceptors (Lipinski definition) is 4. The number of nitrogens with zero attached hydrogens (tertiary/aromatic N) is 1. The van der Waals surface area contributed by atoms with Crippen molar-refractivity contribution in [2.75, 3.05) is 26.3 Å². The Morgan fingerprint density at radius 2 is 2.05 bits per heavy atom. The lowest BCUT2D eigenvalue weighted by molar-refractivity contribution is -0.0334. The summed E-state index contributed by atoms with van der Waals surface area (Å²) in [5.74, 6) is 4.00. The zero-order valence-corrected chi connectivity index (χ0v) is 12.5. The van der Waals surface area contributed by atoms with Crippen LogP contribution < -0.4 is 11.3 Å². The van der Waals surface area contributed by atoms with Crippen LogP contribution in [0.1, 0.15) is 31.9 Å². The SMILES string of the molecule is CCC(C)(C(NN)c1cccc(F)c1F)N1CCOCC1. The third kappa shape index (κ3) is 3.08. The van der Waals surface area contributed by atoms with E-state index >= 15 is 0 Å². The van der Waals surface area contributed by atoms with Gasteiger partial charge in [-0.3, -0.25) is 16.2 Å². The number of nitrogens with two attached hydrogens (primary N) is 1. The highest BCUT2D eigenvalue weighted by Crippen LogP contribution is 2.35. The molecule has 1 aromatic rings. The van der Waals surface area contributed by atoms with Gasteiger partial charge in [-0.25, -0.2) is 8.78 Å². The second-order valence-electron chi connectivity index (χ2n) is 5.55. The Labute approximate surface area is 124 Å². The number of hydrogen-bond donors (Lipinski definition) is 2. The van der Waals surface area contributed by atoms with Crippen LogP contribution in [0.2, 0.25) is 0 Å². The van der Waals surface area contributed by atoms with Crippen molar-refractivity contribution in [3.05, 3.63) is 35.4 Å². The third-order valence-corrected chi connectivity index (χ3v) is 4.53. The van der Waals surface area contributed by atoms with Crippen molar-refractivity contribution in [3.63, 3.8) is 0 Å². The topological polar surface area (TPSA) is 50.5 Å². The molecule has 0 bridgehead atoms. The lowest BCUT2D eigenvalue weighted by Gasteiger charge is -2.47. The molecular weight excluding hydrogens is 276 g/mol. The Balaban J connectivity index is 2.38. The normalized spacial score (nSPS) is 21.0. The Bertz CT molecular complexity index is 480. The molecule has 1 heterocycles. The first-order valence-electron chi connectivity index (χ1n) is 7.27. The van der Waals surface area contributed by atoms with Gasteiger partial charge in [0.15, 0.2) is 11.6 Å². The van der Waals surface area contributed by atoms with Crippen LogP contribution in [-0.4, -0.2) is 36.7 Å². The first kappa shape index (κ1) is 16.3. The highest BCUT2D eigenvalue weighted by atomic mass is 19.2. The van der Waals surface area contributed by atoms with Crippen LogP contribution in [0, 0.1) is 11.6 Å². The standard InChI is InChI=1S/C15H23F2N3O/c1-3-15(2,20-7-9-21-10-8-20)14(19-18)11-5-4-6-12(16)13(11)17/h4-6,14,19H,3,7-10,18H2,1-2H3. The molecule has 1 aromatic carbocycles. The summed E-state index contributed by atoms with van der Waals surface area (Å²) < 4.78 is 33.1. The molecule has 1 aliphatic rings. The van der Waals surface area contributed by atoms with Gasteiger partial charge in [0.1, 0.15) is 0 Å². The Morgan fingerprint density at radius 3 is 2.62 bits per heavy atom. The van der Waals surface area contributed by atoms with Crippen molar-refractivity contribution >= 4 is 0 Å². The monoisotopic (exact) mass is 299 g/mol. The smallest absolute Gasteiger partial charge is 0.163 e. The minimum atomic E-state index is -0.854. The molecule has 0 aliphatic carbocycles. The highest BCUT2D eigenvalue weighted by molar-refractivity contribution is 5.26. The molecule has 0 amide bonds. The minimum Gasteiger partial charge on any atom is -0.379 e. The maximum atomic E-state index is 14.2. The molecule has 118 valence electrons. The van der Waals surface area contributed by atoms with Crippen molar-refractivity contribution in [1.82, 2.24) is 10.3 Å². The van der Waals surface area contributed by atoms with Gasteiger partial charge in [-0.15, -0.1) is 0 Å². The molecule has 1 saturated heterocycles. The van der Waals surface area contributed by atoms with Crippen LogP contribution in [0.4, 0.5) is 8.78 Å². The van der Waals surface area contributed by atoms with Gasteiger partial charge in [-0.05, 0) is 19.4 Å². The average molecular weight is 299 g/mol. The van der Waals surface area contributed by atoms with Gasteiger partial charge in [-0.2, -0.15) is 0 Å². The minimum absolute atomic E-state index is 0.258. The summed E-state index contributed by atoms with van der Waals surface area (Å²) in [6.45, 7) is 6.82. The lowest BCUT2D eigenvalue weighted by atomic mass is 9.82. The second kappa shape index (κ2) is 6.79. The number of hydrazine groups is 1. The zero-order chi connectivity index (χ0) is 15.5. The molecule has 2 atom stereocenters. The summed E-state index contributed by atoms with van der Waals surface area (Å²) in [6, 6.07) is 3.70. The number of ether oxygens (including phenoxy) is 1. The van der Waals surface area contributed by atoms with Gasteiger partial charge < -0.3 is 4.74 Å². The molecule has 1 aliphatic heterocycles. The molecule has 4 nitrogen and oxygen atoms in total. The van der Waals surface area contributed by atoms with Crippen molar-refractivity contribution < 1.29 is 13.5 Å². The van der Waals surface area contributed by atoms with Crippen LogP contribution >= 0.6 is 0 Å². The molecule has 21 heavy (non-hydrogen) atoms. The average Bonchev–Trinajstić information content (AvgIpc) is 2.52. The first-order valence-corrected chi connectivity index (χ1v) is 7.27. The molecule has 2 rings (SSSR count). The van der Waals surface area contributed by atoms with Crippen LogP contribution in [0.5, 0.6) is 0 Å². The molecular formula is C15H23F2N3O. The summed E-state index contributed by atoms with van der Waals surface area (Å²) in [6.07, 6.45) is 0.748. The second-order valence-corrected chi connectivity index (χ2v) is 5.55. The predicted octanol–water partition coefficient (Wildman–Crippen LogP) is 1.97. The maximum absolute atomic E-state index is 14.2. The van der Waals surface area contributed by atoms with Gasteiger partial charge in [0.05, 0.1) is 19.3 Å². The number of rotatable bonds is 5. The number of benzene rings is 1. The van der Waals surface area contributed by atoms with E-state index in [4.69, 9.17) is 10.6 Å². The van der Waals surface area contributed by atoms with Crippen molar-refractivity contribution in [1.29, 1.82) is 0 Å². The molecule has 3 N–H and O–H groups in total. The van der Waals surface area contributed by atoms with E-state index < -0.39 is 23.2 Å². The highest BCUT2D eigenvalue weighted by Gasteiger charge is 2.40. The fourth-order valence-corrected chi connectivity index (χ4v) is 3.03. The number of morpholine rings is 1. The summed E-state index contributed by atoms with van der Waals surface area (Å²) in [5.41, 5.74) is 2.52. The van der Waals surface area contributed by atoms with Crippen molar-refractivity contribution in [3.8, 4) is 0 Å². The first-order chi connectivity index (χ1) is 10.0. The van der Waals surface area contributed by atoms with E-state index in [0.29, 0.717) is 13.2 Å². The molecule has 0 saturated carbocycles. The van der Waals surface area contributed by atoms with E-state index in [1.165, 1.54) is 6.07 Å². The third-order valence-electron chi connectivity index (χ3n) is 4.53. The summed E-state index contributed by atoms with van der Waals surface area (Å²) in [4.78, 5) is 2.23. The van der Waals surface area contributed by atoms with Gasteiger partial charge in [0, 0.05) is 24.2 Å². The summed E-state index contributed by atoms with van der Waals surface area (Å²) in [7, 11) is 0. The molecule has 0 aromatic heterocycles. The summed E-state index contributed by atoms with van der Waals surface area (Å²) >= 11 is 0. The van der Waals surface area contributed by atoms with Crippen LogP contribution in [-0.2, 0) is 4.74 Å². The maximum Gasteiger partial charge on any atom is 0.163 e. The van der Waals surface area contributed by atoms with E-state index in [1.807, 2.05) is 13.8 Å². The Hall–Kier alpha value is -1.08. The van der Waals surface area contributed by atoms with Gasteiger partial charge in [0.2, 0.25) is 0 Å². The van der Waals surface area contributed by atoms with Crippen LogP contribution in [0.3, 0.4) is 0 Å². The van der Waals surface area contributed by atoms with Gasteiger partial charge in [-0.1, -0.05) is 19.1 Å². The largest absolute Gasteiger partial charge is 0.379 e. The fourth-order valence-electron chi connectivity index (χ4n) is 3.03.